The van der Waals surface area contributed by atoms with Crippen molar-refractivity contribution in [2.75, 3.05) is 38.3 Å². The molecule has 0 spiro atoms. The second kappa shape index (κ2) is 5.49. The van der Waals surface area contributed by atoms with Gasteiger partial charge in [0.15, 0.2) is 10.7 Å². The van der Waals surface area contributed by atoms with E-state index >= 15 is 0 Å². The van der Waals surface area contributed by atoms with Gasteiger partial charge in [-0.05, 0) is 0 Å². The lowest BCUT2D eigenvalue weighted by atomic mass is 10.2. The van der Waals surface area contributed by atoms with E-state index in [4.69, 9.17) is 14.9 Å². The van der Waals surface area contributed by atoms with Crippen molar-refractivity contribution in [3.8, 4) is 5.75 Å². The maximum absolute atomic E-state index is 11.0. The van der Waals surface area contributed by atoms with Crippen LogP contribution in [0, 0.1) is 15.5 Å². The molecule has 1 aromatic rings. The Morgan fingerprint density at radius 2 is 2.16 bits per heavy atom. The summed E-state index contributed by atoms with van der Waals surface area (Å²) in [5.74, 6) is 0.431. The quantitative estimate of drug-likeness (QED) is 0.471. The molecule has 1 saturated heterocycles. The molecule has 0 N–H and O–H groups in total. The van der Waals surface area contributed by atoms with Gasteiger partial charge in [0.05, 0.1) is 43.1 Å². The molecule has 1 fully saturated rings. The number of morpholine rings is 1. The Hall–Kier alpha value is -2.40. The fourth-order valence-electron chi connectivity index (χ4n) is 1.99. The zero-order chi connectivity index (χ0) is 13.8. The zero-order valence-electron chi connectivity index (χ0n) is 10.4. The van der Waals surface area contributed by atoms with Crippen LogP contribution in [0.25, 0.3) is 4.98 Å². The molecule has 0 saturated carbocycles. The Morgan fingerprint density at radius 3 is 2.68 bits per heavy atom. The lowest BCUT2D eigenvalue weighted by Gasteiger charge is -2.29. The van der Waals surface area contributed by atoms with Crippen molar-refractivity contribution in [2.24, 2.45) is 0 Å². The normalized spacial score (nSPS) is 14.8. The predicted molar refractivity (Wildman–Crippen MR) is 67.4 cm³/mol. The third-order valence-corrected chi connectivity index (χ3v) is 2.93. The Morgan fingerprint density at radius 1 is 1.47 bits per heavy atom. The first kappa shape index (κ1) is 13.0. The number of anilines is 1. The highest BCUT2D eigenvalue weighted by Crippen LogP contribution is 2.39. The number of hydrogen-bond acceptors (Lipinski definition) is 6. The van der Waals surface area contributed by atoms with Crippen LogP contribution < -0.4 is 9.64 Å². The number of diazo groups is 1. The number of hydrogen-bond donors (Lipinski definition) is 0. The fraction of sp³-hybridized carbons (Fsp3) is 0.455. The van der Waals surface area contributed by atoms with E-state index < -0.39 is 4.92 Å². The number of ether oxygens (including phenoxy) is 2. The minimum Gasteiger partial charge on any atom is -0.494 e. The molecule has 0 radical (unpaired) electrons. The summed E-state index contributed by atoms with van der Waals surface area (Å²) < 4.78 is 10.4. The molecule has 1 aliphatic rings. The fourth-order valence-corrected chi connectivity index (χ4v) is 1.99. The van der Waals surface area contributed by atoms with E-state index in [1.807, 2.05) is 4.90 Å². The zero-order valence-corrected chi connectivity index (χ0v) is 10.4. The second-order valence-electron chi connectivity index (χ2n) is 3.97. The van der Waals surface area contributed by atoms with Gasteiger partial charge in [-0.1, -0.05) is 0 Å². The third kappa shape index (κ3) is 2.56. The molecular formula is C11H13N4O4+. The molecular weight excluding hydrogens is 252 g/mol. The third-order valence-electron chi connectivity index (χ3n) is 2.93. The Kier molecular flexibility index (Phi) is 3.77. The number of nitro groups is 1. The van der Waals surface area contributed by atoms with E-state index in [0.717, 1.165) is 0 Å². The molecule has 0 bridgehead atoms. The van der Waals surface area contributed by atoms with Crippen molar-refractivity contribution in [2.45, 2.75) is 0 Å². The van der Waals surface area contributed by atoms with Gasteiger partial charge in [0.2, 0.25) is 5.39 Å². The molecule has 0 unspecified atom stereocenters. The highest BCUT2D eigenvalue weighted by atomic mass is 16.6. The van der Waals surface area contributed by atoms with E-state index in [9.17, 15) is 10.1 Å². The van der Waals surface area contributed by atoms with E-state index in [2.05, 4.69) is 4.98 Å². The summed E-state index contributed by atoms with van der Waals surface area (Å²) in [7, 11) is 1.46. The topological polar surface area (TPSA) is 93.0 Å². The average Bonchev–Trinajstić information content (AvgIpc) is 2.46. The summed E-state index contributed by atoms with van der Waals surface area (Å²) in [5, 5.41) is 19.8. The maximum atomic E-state index is 11.0. The average molecular weight is 265 g/mol. The van der Waals surface area contributed by atoms with Gasteiger partial charge in [-0.25, -0.2) is 0 Å². The van der Waals surface area contributed by atoms with Gasteiger partial charge in [0, 0.05) is 13.1 Å². The van der Waals surface area contributed by atoms with Gasteiger partial charge < -0.3 is 14.4 Å². The van der Waals surface area contributed by atoms with Gasteiger partial charge in [0.25, 0.3) is 0 Å². The second-order valence-corrected chi connectivity index (χ2v) is 3.97. The largest absolute Gasteiger partial charge is 0.494 e. The molecule has 8 heteroatoms. The van der Waals surface area contributed by atoms with Crippen molar-refractivity contribution in [1.29, 1.82) is 5.39 Å². The standard InChI is InChI=1S/C11H13N4O4/c1-18-11-6-8(13-12)9(15(16)17)7-10(11)14-2-4-19-5-3-14/h6-7H,2-5H2,1H3/q+1. The molecule has 100 valence electrons. The molecule has 1 heterocycles. The van der Waals surface area contributed by atoms with Gasteiger partial charge in [-0.2, -0.15) is 0 Å². The minimum absolute atomic E-state index is 0.126. The molecule has 1 aromatic carbocycles. The first-order chi connectivity index (χ1) is 9.17. The van der Waals surface area contributed by atoms with Gasteiger partial charge >= 0.3 is 11.4 Å². The van der Waals surface area contributed by atoms with E-state index in [0.29, 0.717) is 37.7 Å². The van der Waals surface area contributed by atoms with Crippen LogP contribution in [0.2, 0.25) is 0 Å². The highest BCUT2D eigenvalue weighted by molar-refractivity contribution is 5.75. The molecule has 19 heavy (non-hydrogen) atoms. The number of nitro benzene ring substituents is 1. The summed E-state index contributed by atoms with van der Waals surface area (Å²) in [6.45, 7) is 2.37. The van der Waals surface area contributed by atoms with Crippen molar-refractivity contribution < 1.29 is 14.4 Å². The molecule has 0 aliphatic carbocycles. The summed E-state index contributed by atoms with van der Waals surface area (Å²) in [4.78, 5) is 15.2. The number of nitrogens with zero attached hydrogens (tertiary/aromatic N) is 4. The first-order valence-corrected chi connectivity index (χ1v) is 5.71. The van der Waals surface area contributed by atoms with E-state index in [1.165, 1.54) is 19.2 Å². The highest BCUT2D eigenvalue weighted by Gasteiger charge is 2.30. The summed E-state index contributed by atoms with van der Waals surface area (Å²) in [6, 6.07) is 2.71. The molecule has 2 rings (SSSR count). The lowest BCUT2D eigenvalue weighted by Crippen LogP contribution is -2.36. The van der Waals surface area contributed by atoms with Gasteiger partial charge in [-0.3, -0.25) is 10.1 Å². The number of rotatable bonds is 3. The number of benzene rings is 1. The number of methoxy groups -OCH3 is 1. The van der Waals surface area contributed by atoms with Crippen molar-refractivity contribution >= 4 is 17.1 Å². The minimum atomic E-state index is -0.585. The summed E-state index contributed by atoms with van der Waals surface area (Å²) in [6.07, 6.45) is 0. The lowest BCUT2D eigenvalue weighted by molar-refractivity contribution is -0.383. The van der Waals surface area contributed by atoms with Crippen molar-refractivity contribution in [3.05, 3.63) is 27.2 Å². The van der Waals surface area contributed by atoms with Gasteiger partial charge in [0.1, 0.15) is 0 Å². The molecule has 0 amide bonds. The first-order valence-electron chi connectivity index (χ1n) is 5.71. The Balaban J connectivity index is 2.49. The molecule has 1 aliphatic heterocycles. The maximum Gasteiger partial charge on any atom is 0.465 e. The summed E-state index contributed by atoms with van der Waals surface area (Å²) in [5.41, 5.74) is 0.216. The van der Waals surface area contributed by atoms with Crippen molar-refractivity contribution in [3.63, 3.8) is 0 Å². The van der Waals surface area contributed by atoms with Crippen LogP contribution in [0.4, 0.5) is 17.1 Å². The molecule has 8 nitrogen and oxygen atoms in total. The molecule has 0 aromatic heterocycles. The Labute approximate surface area is 109 Å². The monoisotopic (exact) mass is 265 g/mol. The van der Waals surface area contributed by atoms with Crippen molar-refractivity contribution in [1.82, 2.24) is 0 Å². The summed E-state index contributed by atoms with van der Waals surface area (Å²) >= 11 is 0. The van der Waals surface area contributed by atoms with Crippen LogP contribution in [0.5, 0.6) is 5.75 Å². The van der Waals surface area contributed by atoms with Crippen LogP contribution in [0.3, 0.4) is 0 Å². The van der Waals surface area contributed by atoms with Crippen LogP contribution in [0.15, 0.2) is 12.1 Å². The van der Waals surface area contributed by atoms with Crippen LogP contribution in [-0.4, -0.2) is 38.3 Å². The predicted octanol–water partition coefficient (Wildman–Crippen LogP) is 1.92. The van der Waals surface area contributed by atoms with Crippen LogP contribution in [0.1, 0.15) is 0 Å². The van der Waals surface area contributed by atoms with E-state index in [-0.39, 0.29) is 11.4 Å². The van der Waals surface area contributed by atoms with Crippen LogP contribution >= 0.6 is 0 Å². The van der Waals surface area contributed by atoms with Gasteiger partial charge in [-0.15, -0.1) is 0 Å². The Bertz CT molecular complexity index is 534. The van der Waals surface area contributed by atoms with Crippen LogP contribution in [-0.2, 0) is 4.74 Å². The smallest absolute Gasteiger partial charge is 0.465 e. The van der Waals surface area contributed by atoms with E-state index in [1.54, 1.807) is 0 Å². The SMILES string of the molecule is COc1cc([N+]#N)c([N+](=O)[O-])cc1N1CCOCC1. The molecule has 0 atom stereocenters.